The molecule has 0 spiro atoms. The Morgan fingerprint density at radius 2 is 1.60 bits per heavy atom. The molecule has 11 nitrogen and oxygen atoms in total. The van der Waals surface area contributed by atoms with Crippen LogP contribution in [0.2, 0.25) is 0 Å². The first kappa shape index (κ1) is 27.7. The molecule has 40 heavy (non-hydrogen) atoms. The minimum atomic E-state index is -4.74. The van der Waals surface area contributed by atoms with E-state index in [4.69, 9.17) is 0 Å². The fourth-order valence-electron chi connectivity index (χ4n) is 5.57. The molecular weight excluding hydrogens is 537 g/mol. The lowest BCUT2D eigenvalue weighted by molar-refractivity contribution is -0.142. The molecule has 12 heteroatoms. The SMILES string of the molecule is O=C(O)[C@H](Cc1ccccc1)NC(=O)[C@H]1C[C@@H](CCN2C(=O)c3cccc4cccc(c34)C2=O)[C@H](P(=O)(O)O)N1. The van der Waals surface area contributed by atoms with E-state index in [0.717, 1.165) is 10.3 Å². The van der Waals surface area contributed by atoms with Crippen molar-refractivity contribution in [3.05, 3.63) is 83.4 Å². The summed E-state index contributed by atoms with van der Waals surface area (Å²) < 4.78 is 12.3. The number of benzene rings is 3. The van der Waals surface area contributed by atoms with Crippen LogP contribution < -0.4 is 10.6 Å². The van der Waals surface area contributed by atoms with Gasteiger partial charge >= 0.3 is 13.6 Å². The molecule has 0 saturated carbocycles. The van der Waals surface area contributed by atoms with Crippen molar-refractivity contribution < 1.29 is 38.6 Å². The third-order valence-corrected chi connectivity index (χ3v) is 8.81. The van der Waals surface area contributed by atoms with E-state index in [9.17, 15) is 38.6 Å². The third kappa shape index (κ3) is 5.41. The largest absolute Gasteiger partial charge is 0.480 e. The average molecular weight is 566 g/mol. The number of carbonyl (C=O) groups excluding carboxylic acids is 3. The molecule has 0 aliphatic carbocycles. The molecule has 0 aromatic heterocycles. The van der Waals surface area contributed by atoms with Crippen molar-refractivity contribution >= 4 is 42.1 Å². The normalized spacial score (nSPS) is 21.4. The quantitative estimate of drug-likeness (QED) is 0.192. The molecule has 5 N–H and O–H groups in total. The van der Waals surface area contributed by atoms with Gasteiger partial charge in [0.2, 0.25) is 5.91 Å². The minimum Gasteiger partial charge on any atom is -0.480 e. The van der Waals surface area contributed by atoms with E-state index in [1.807, 2.05) is 12.1 Å². The maximum absolute atomic E-state index is 13.2. The number of amides is 3. The van der Waals surface area contributed by atoms with E-state index >= 15 is 0 Å². The Morgan fingerprint density at radius 1 is 0.975 bits per heavy atom. The first-order chi connectivity index (χ1) is 19.0. The molecule has 0 radical (unpaired) electrons. The highest BCUT2D eigenvalue weighted by Crippen LogP contribution is 2.48. The van der Waals surface area contributed by atoms with E-state index in [-0.39, 0.29) is 25.8 Å². The average Bonchev–Trinajstić information content (AvgIpc) is 3.37. The fraction of sp³-hybridized carbons (Fsp3) is 0.286. The van der Waals surface area contributed by atoms with Crippen molar-refractivity contribution in [2.75, 3.05) is 6.54 Å². The number of rotatable bonds is 9. The van der Waals surface area contributed by atoms with E-state index in [0.29, 0.717) is 22.1 Å². The molecule has 1 saturated heterocycles. The molecule has 4 atom stereocenters. The zero-order valence-corrected chi connectivity index (χ0v) is 22.2. The molecule has 0 unspecified atom stereocenters. The maximum Gasteiger partial charge on any atom is 0.342 e. The van der Waals surface area contributed by atoms with Crippen molar-refractivity contribution in [2.45, 2.75) is 37.1 Å². The smallest absolute Gasteiger partial charge is 0.342 e. The summed E-state index contributed by atoms with van der Waals surface area (Å²) in [5.41, 5.74) is 1.45. The van der Waals surface area contributed by atoms with Crippen LogP contribution in [0.3, 0.4) is 0 Å². The van der Waals surface area contributed by atoms with Gasteiger partial charge in [-0.3, -0.25) is 29.2 Å². The molecule has 0 bridgehead atoms. The molecule has 2 heterocycles. The van der Waals surface area contributed by atoms with Crippen molar-refractivity contribution in [1.82, 2.24) is 15.5 Å². The van der Waals surface area contributed by atoms with Crippen LogP contribution in [0.25, 0.3) is 10.8 Å². The summed E-state index contributed by atoms with van der Waals surface area (Å²) >= 11 is 0. The lowest BCUT2D eigenvalue weighted by Gasteiger charge is -2.29. The van der Waals surface area contributed by atoms with Crippen LogP contribution in [-0.4, -0.2) is 67.9 Å². The summed E-state index contributed by atoms with van der Waals surface area (Å²) in [6.07, 6.45) is 0.0592. The molecule has 5 rings (SSSR count). The lowest BCUT2D eigenvalue weighted by Crippen LogP contribution is -2.50. The van der Waals surface area contributed by atoms with Gasteiger partial charge in [0.1, 0.15) is 11.8 Å². The predicted molar refractivity (Wildman–Crippen MR) is 145 cm³/mol. The van der Waals surface area contributed by atoms with Gasteiger partial charge in [-0.2, -0.15) is 0 Å². The number of carboxylic acid groups (broad SMARTS) is 1. The van der Waals surface area contributed by atoms with E-state index in [1.165, 1.54) is 0 Å². The molecule has 3 amide bonds. The van der Waals surface area contributed by atoms with Crippen LogP contribution in [0.15, 0.2) is 66.7 Å². The Kier molecular flexibility index (Phi) is 7.57. The van der Waals surface area contributed by atoms with Gasteiger partial charge in [-0.05, 0) is 41.8 Å². The van der Waals surface area contributed by atoms with Crippen LogP contribution in [0, 0.1) is 5.92 Å². The van der Waals surface area contributed by atoms with Gasteiger partial charge in [0, 0.05) is 29.5 Å². The minimum absolute atomic E-state index is 0.0122. The van der Waals surface area contributed by atoms with Gasteiger partial charge in [0.05, 0.1) is 6.04 Å². The standard InChI is InChI=1S/C28H28N3O8P/c32-24(29-22(28(35)36)14-16-6-2-1-3-7-16)21-15-18(25(30-21)40(37,38)39)12-13-31-26(33)19-10-4-8-17-9-5-11-20(23(17)19)27(31)34/h1-11,18,21-22,25,30H,12-15H2,(H,29,32)(H,35,36)(H2,37,38,39)/t18-,21-,22+,25+/m1/s1. The molecule has 208 valence electrons. The number of aliphatic carboxylic acids is 1. The summed E-state index contributed by atoms with van der Waals surface area (Å²) in [7, 11) is -4.74. The van der Waals surface area contributed by atoms with E-state index < -0.39 is 55.1 Å². The monoisotopic (exact) mass is 565 g/mol. The number of hydrogen-bond donors (Lipinski definition) is 5. The van der Waals surface area contributed by atoms with Crippen LogP contribution >= 0.6 is 7.60 Å². The number of carboxylic acids is 1. The molecule has 3 aromatic rings. The van der Waals surface area contributed by atoms with Crippen LogP contribution in [0.5, 0.6) is 0 Å². The summed E-state index contributed by atoms with van der Waals surface area (Å²) in [6, 6.07) is 16.8. The molecular formula is C28H28N3O8P. The first-order valence-electron chi connectivity index (χ1n) is 12.8. The van der Waals surface area contributed by atoms with Crippen LogP contribution in [-0.2, 0) is 20.6 Å². The zero-order chi connectivity index (χ0) is 28.6. The summed E-state index contributed by atoms with van der Waals surface area (Å²) in [5, 5.41) is 16.1. The summed E-state index contributed by atoms with van der Waals surface area (Å²) in [5.74, 6) is -5.08. The second kappa shape index (κ2) is 10.9. The van der Waals surface area contributed by atoms with Crippen LogP contribution in [0.1, 0.15) is 39.1 Å². The highest BCUT2D eigenvalue weighted by molar-refractivity contribution is 7.52. The molecule has 2 aliphatic rings. The number of nitrogens with one attached hydrogen (secondary N) is 2. The maximum atomic E-state index is 13.2. The Hall–Kier alpha value is -3.89. The number of carbonyl (C=O) groups is 4. The van der Waals surface area contributed by atoms with Gasteiger partial charge in [-0.25, -0.2) is 4.79 Å². The van der Waals surface area contributed by atoms with Gasteiger partial charge in [0.15, 0.2) is 0 Å². The van der Waals surface area contributed by atoms with Crippen molar-refractivity contribution in [1.29, 1.82) is 0 Å². The first-order valence-corrected chi connectivity index (χ1v) is 14.5. The van der Waals surface area contributed by atoms with Gasteiger partial charge < -0.3 is 20.2 Å². The topological polar surface area (TPSA) is 173 Å². The van der Waals surface area contributed by atoms with Crippen molar-refractivity contribution in [2.24, 2.45) is 5.92 Å². The highest BCUT2D eigenvalue weighted by Gasteiger charge is 2.47. The Balaban J connectivity index is 1.29. The summed E-state index contributed by atoms with van der Waals surface area (Å²) in [6.45, 7) is -0.106. The second-order valence-electron chi connectivity index (χ2n) is 10.1. The third-order valence-electron chi connectivity index (χ3n) is 7.51. The second-order valence-corrected chi connectivity index (χ2v) is 11.8. The number of nitrogens with zero attached hydrogens (tertiary/aromatic N) is 1. The van der Waals surface area contributed by atoms with Crippen molar-refractivity contribution in [3.8, 4) is 0 Å². The zero-order valence-electron chi connectivity index (χ0n) is 21.3. The Morgan fingerprint density at radius 3 is 2.17 bits per heavy atom. The van der Waals surface area contributed by atoms with Crippen molar-refractivity contribution in [3.63, 3.8) is 0 Å². The lowest BCUT2D eigenvalue weighted by atomic mass is 9.93. The van der Waals surface area contributed by atoms with Gasteiger partial charge in [-0.1, -0.05) is 54.6 Å². The Labute approximate surface area is 229 Å². The highest BCUT2D eigenvalue weighted by atomic mass is 31.2. The number of imide groups is 1. The summed E-state index contributed by atoms with van der Waals surface area (Å²) in [4.78, 5) is 72.3. The molecule has 1 fully saturated rings. The predicted octanol–water partition coefficient (Wildman–Crippen LogP) is 2.12. The molecule has 3 aromatic carbocycles. The molecule has 2 aliphatic heterocycles. The fourth-order valence-corrected chi connectivity index (χ4v) is 6.77. The number of hydrogen-bond acceptors (Lipinski definition) is 6. The van der Waals surface area contributed by atoms with Gasteiger partial charge in [-0.15, -0.1) is 0 Å². The van der Waals surface area contributed by atoms with Gasteiger partial charge in [0.25, 0.3) is 11.8 Å². The van der Waals surface area contributed by atoms with E-state index in [1.54, 1.807) is 54.6 Å². The van der Waals surface area contributed by atoms with Crippen LogP contribution in [0.4, 0.5) is 0 Å². The Bertz CT molecular complexity index is 1490. The van der Waals surface area contributed by atoms with E-state index in [2.05, 4.69) is 10.6 Å².